The van der Waals surface area contributed by atoms with Gasteiger partial charge in [0.2, 0.25) is 0 Å². The predicted octanol–water partition coefficient (Wildman–Crippen LogP) is 4.16. The molecule has 0 bridgehead atoms. The van der Waals surface area contributed by atoms with E-state index in [4.69, 9.17) is 0 Å². The van der Waals surface area contributed by atoms with Crippen LogP contribution in [0.2, 0.25) is 0 Å². The SMILES string of the molecule is CCc1cc(C)cc(CC)c1C1C(=O)[C@H]2CCCC[C@@H]2C1=O. The molecule has 2 nitrogen and oxygen atoms in total. The second-order valence-corrected chi connectivity index (χ2v) is 6.94. The molecule has 0 saturated heterocycles. The molecule has 0 aromatic heterocycles. The first kappa shape index (κ1) is 15.5. The molecule has 2 aliphatic rings. The van der Waals surface area contributed by atoms with Gasteiger partial charge in [-0.3, -0.25) is 9.59 Å². The van der Waals surface area contributed by atoms with Gasteiger partial charge in [0.25, 0.3) is 0 Å². The zero-order valence-corrected chi connectivity index (χ0v) is 13.9. The number of fused-ring (bicyclic) bond motifs is 1. The van der Waals surface area contributed by atoms with Gasteiger partial charge in [0, 0.05) is 11.8 Å². The lowest BCUT2D eigenvalue weighted by Gasteiger charge is -2.21. The molecule has 0 amide bonds. The van der Waals surface area contributed by atoms with E-state index in [1.54, 1.807) is 0 Å². The molecule has 0 aliphatic heterocycles. The quantitative estimate of drug-likeness (QED) is 0.785. The maximum absolute atomic E-state index is 13.0. The van der Waals surface area contributed by atoms with Crippen LogP contribution in [0, 0.1) is 18.8 Å². The Bertz CT molecular complexity index is 565. The summed E-state index contributed by atoms with van der Waals surface area (Å²) in [7, 11) is 0. The Morgan fingerprint density at radius 3 is 1.77 bits per heavy atom. The van der Waals surface area contributed by atoms with Crippen LogP contribution in [-0.4, -0.2) is 11.6 Å². The number of carbonyl (C=O) groups is 2. The summed E-state index contributed by atoms with van der Waals surface area (Å²) in [6.07, 6.45) is 5.80. The van der Waals surface area contributed by atoms with Gasteiger partial charge in [-0.05, 0) is 49.3 Å². The molecule has 3 rings (SSSR count). The van der Waals surface area contributed by atoms with Gasteiger partial charge in [-0.15, -0.1) is 0 Å². The molecule has 1 aromatic rings. The molecule has 2 fully saturated rings. The molecule has 0 radical (unpaired) electrons. The minimum atomic E-state index is -0.474. The highest BCUT2D eigenvalue weighted by molar-refractivity contribution is 6.16. The highest BCUT2D eigenvalue weighted by atomic mass is 16.2. The van der Waals surface area contributed by atoms with Crippen molar-refractivity contribution >= 4 is 11.6 Å². The summed E-state index contributed by atoms with van der Waals surface area (Å²) in [6, 6.07) is 4.33. The molecule has 22 heavy (non-hydrogen) atoms. The van der Waals surface area contributed by atoms with E-state index in [-0.39, 0.29) is 23.4 Å². The molecular weight excluding hydrogens is 272 g/mol. The normalized spacial score (nSPS) is 25.6. The molecule has 0 N–H and O–H groups in total. The van der Waals surface area contributed by atoms with Crippen molar-refractivity contribution in [3.63, 3.8) is 0 Å². The van der Waals surface area contributed by atoms with Crippen molar-refractivity contribution in [2.24, 2.45) is 11.8 Å². The second-order valence-electron chi connectivity index (χ2n) is 6.94. The van der Waals surface area contributed by atoms with Crippen LogP contribution in [0.5, 0.6) is 0 Å². The zero-order chi connectivity index (χ0) is 15.9. The van der Waals surface area contributed by atoms with Gasteiger partial charge < -0.3 is 0 Å². The summed E-state index contributed by atoms with van der Waals surface area (Å²) < 4.78 is 0. The van der Waals surface area contributed by atoms with E-state index in [2.05, 4.69) is 32.9 Å². The van der Waals surface area contributed by atoms with Gasteiger partial charge in [0.15, 0.2) is 11.6 Å². The van der Waals surface area contributed by atoms with E-state index in [1.165, 1.54) is 16.7 Å². The van der Waals surface area contributed by atoms with E-state index < -0.39 is 5.92 Å². The van der Waals surface area contributed by atoms with Gasteiger partial charge in [-0.2, -0.15) is 0 Å². The Kier molecular flexibility index (Phi) is 4.20. The van der Waals surface area contributed by atoms with Crippen molar-refractivity contribution in [3.05, 3.63) is 34.4 Å². The van der Waals surface area contributed by atoms with Gasteiger partial charge in [0.05, 0.1) is 0 Å². The fourth-order valence-electron chi connectivity index (χ4n) is 4.57. The number of hydrogen-bond acceptors (Lipinski definition) is 2. The first-order valence-corrected chi connectivity index (χ1v) is 8.78. The predicted molar refractivity (Wildman–Crippen MR) is 88.1 cm³/mol. The third-order valence-electron chi connectivity index (χ3n) is 5.61. The van der Waals surface area contributed by atoms with Crippen LogP contribution in [0.15, 0.2) is 12.1 Å². The number of hydrogen-bond donors (Lipinski definition) is 0. The van der Waals surface area contributed by atoms with Gasteiger partial charge in [0.1, 0.15) is 5.92 Å². The molecule has 2 heteroatoms. The minimum absolute atomic E-state index is 0.00182. The average Bonchev–Trinajstić information content (AvgIpc) is 2.78. The molecular formula is C20H26O2. The summed E-state index contributed by atoms with van der Waals surface area (Å²) in [5.41, 5.74) is 4.68. The Morgan fingerprint density at radius 1 is 0.909 bits per heavy atom. The highest BCUT2D eigenvalue weighted by Gasteiger charge is 2.50. The number of aryl methyl sites for hydroxylation is 3. The van der Waals surface area contributed by atoms with Crippen molar-refractivity contribution in [1.82, 2.24) is 0 Å². The van der Waals surface area contributed by atoms with Crippen LogP contribution >= 0.6 is 0 Å². The third-order valence-corrected chi connectivity index (χ3v) is 5.61. The van der Waals surface area contributed by atoms with Crippen molar-refractivity contribution in [2.45, 2.75) is 65.2 Å². The minimum Gasteiger partial charge on any atom is -0.298 e. The van der Waals surface area contributed by atoms with E-state index in [0.717, 1.165) is 44.1 Å². The average molecular weight is 298 g/mol. The van der Waals surface area contributed by atoms with Crippen LogP contribution in [0.3, 0.4) is 0 Å². The number of carbonyl (C=O) groups excluding carboxylic acids is 2. The van der Waals surface area contributed by atoms with Crippen LogP contribution < -0.4 is 0 Å². The second kappa shape index (κ2) is 5.98. The molecule has 2 saturated carbocycles. The lowest BCUT2D eigenvalue weighted by molar-refractivity contribution is -0.125. The number of ketones is 2. The fraction of sp³-hybridized carbons (Fsp3) is 0.600. The Labute approximate surface area is 133 Å². The van der Waals surface area contributed by atoms with Crippen LogP contribution in [0.1, 0.15) is 67.7 Å². The van der Waals surface area contributed by atoms with Crippen LogP contribution in [-0.2, 0) is 22.4 Å². The van der Waals surface area contributed by atoms with E-state index in [9.17, 15) is 9.59 Å². The summed E-state index contributed by atoms with van der Waals surface area (Å²) in [5, 5.41) is 0. The van der Waals surface area contributed by atoms with Crippen molar-refractivity contribution in [2.75, 3.05) is 0 Å². The summed E-state index contributed by atoms with van der Waals surface area (Å²) in [5.74, 6) is -0.0477. The van der Waals surface area contributed by atoms with Crippen LogP contribution in [0.25, 0.3) is 0 Å². The molecule has 0 unspecified atom stereocenters. The summed E-state index contributed by atoms with van der Waals surface area (Å²) >= 11 is 0. The molecule has 2 aliphatic carbocycles. The molecule has 1 aromatic carbocycles. The Balaban J connectivity index is 2.10. The lowest BCUT2D eigenvalue weighted by Crippen LogP contribution is -2.21. The fourth-order valence-corrected chi connectivity index (χ4v) is 4.57. The largest absolute Gasteiger partial charge is 0.298 e. The summed E-state index contributed by atoms with van der Waals surface area (Å²) in [4.78, 5) is 25.9. The Morgan fingerprint density at radius 2 is 1.36 bits per heavy atom. The first-order valence-electron chi connectivity index (χ1n) is 8.78. The first-order chi connectivity index (χ1) is 10.6. The standard InChI is InChI=1S/C20H26O2/c1-4-13-10-12(3)11-14(5-2)17(13)18-19(21)15-8-6-7-9-16(15)20(18)22/h10-11,15-16,18H,4-9H2,1-3H3/t15-,16-/m0/s1. The molecule has 0 heterocycles. The summed E-state index contributed by atoms with van der Waals surface area (Å²) in [6.45, 7) is 6.34. The van der Waals surface area contributed by atoms with E-state index in [0.29, 0.717) is 0 Å². The lowest BCUT2D eigenvalue weighted by atomic mass is 9.81. The number of benzene rings is 1. The van der Waals surface area contributed by atoms with Gasteiger partial charge in [-0.25, -0.2) is 0 Å². The topological polar surface area (TPSA) is 34.1 Å². The smallest absolute Gasteiger partial charge is 0.151 e. The molecule has 0 spiro atoms. The van der Waals surface area contributed by atoms with Gasteiger partial charge in [-0.1, -0.05) is 44.4 Å². The van der Waals surface area contributed by atoms with Crippen LogP contribution in [0.4, 0.5) is 0 Å². The van der Waals surface area contributed by atoms with Crippen molar-refractivity contribution in [1.29, 1.82) is 0 Å². The third kappa shape index (κ3) is 2.33. The number of Topliss-reactive ketones (excluding diaryl/α,β-unsaturated/α-hetero) is 2. The van der Waals surface area contributed by atoms with Crippen molar-refractivity contribution in [3.8, 4) is 0 Å². The number of rotatable bonds is 3. The monoisotopic (exact) mass is 298 g/mol. The maximum atomic E-state index is 13.0. The van der Waals surface area contributed by atoms with E-state index in [1.807, 2.05) is 0 Å². The maximum Gasteiger partial charge on any atom is 0.151 e. The Hall–Kier alpha value is -1.44. The highest BCUT2D eigenvalue weighted by Crippen LogP contribution is 2.46. The van der Waals surface area contributed by atoms with Crippen molar-refractivity contribution < 1.29 is 9.59 Å². The van der Waals surface area contributed by atoms with E-state index >= 15 is 0 Å². The molecule has 2 atom stereocenters. The molecule has 118 valence electrons. The zero-order valence-electron chi connectivity index (χ0n) is 13.9. The van der Waals surface area contributed by atoms with Gasteiger partial charge >= 0.3 is 0 Å².